The van der Waals surface area contributed by atoms with Crippen LogP contribution >= 0.6 is 0 Å². The molecule has 1 aliphatic rings. The molecule has 1 atom stereocenters. The van der Waals surface area contributed by atoms with Crippen LogP contribution in [0.1, 0.15) is 17.6 Å². The number of nitrogens with zero attached hydrogens (tertiary/aromatic N) is 5. The molecule has 0 aliphatic carbocycles. The molecule has 4 rings (SSSR count). The number of aliphatic hydroxyl groups is 1. The number of ether oxygens (including phenoxy) is 2. The molecule has 0 bridgehead atoms. The van der Waals surface area contributed by atoms with Gasteiger partial charge < -0.3 is 19.5 Å². The molecule has 0 unspecified atom stereocenters. The molecule has 152 valence electrons. The molecule has 1 aromatic carbocycles. The lowest BCUT2D eigenvalue weighted by molar-refractivity contribution is 0.0422. The lowest BCUT2D eigenvalue weighted by Gasteiger charge is -2.28. The summed E-state index contributed by atoms with van der Waals surface area (Å²) < 4.78 is 12.6. The highest BCUT2D eigenvalue weighted by Crippen LogP contribution is 2.24. The largest absolute Gasteiger partial charge is 0.393 e. The van der Waals surface area contributed by atoms with Crippen LogP contribution in [-0.2, 0) is 9.47 Å². The number of anilines is 1. The second kappa shape index (κ2) is 8.69. The molecular weight excluding hydrogens is 370 g/mol. The van der Waals surface area contributed by atoms with Crippen molar-refractivity contribution in [3.63, 3.8) is 0 Å². The lowest BCUT2D eigenvalue weighted by Crippen LogP contribution is -2.37. The minimum absolute atomic E-state index is 0.199. The number of aryl methyl sites for hydroxylation is 1. The van der Waals surface area contributed by atoms with Crippen molar-refractivity contribution in [3.8, 4) is 17.1 Å². The predicted octanol–water partition coefficient (Wildman–Crippen LogP) is 2.15. The maximum atomic E-state index is 9.69. The van der Waals surface area contributed by atoms with E-state index in [-0.39, 0.29) is 6.61 Å². The fraction of sp³-hybridized carbons (Fsp3) is 0.381. The Morgan fingerprint density at radius 1 is 1.10 bits per heavy atom. The third-order valence-corrected chi connectivity index (χ3v) is 4.96. The first-order valence-corrected chi connectivity index (χ1v) is 9.67. The molecule has 0 spiro atoms. The van der Waals surface area contributed by atoms with Gasteiger partial charge >= 0.3 is 0 Å². The van der Waals surface area contributed by atoms with Gasteiger partial charge in [0, 0.05) is 37.5 Å². The quantitative estimate of drug-likeness (QED) is 0.684. The fourth-order valence-corrected chi connectivity index (χ4v) is 3.36. The molecular formula is C21H25N5O3. The average molecular weight is 395 g/mol. The Kier molecular flexibility index (Phi) is 5.84. The van der Waals surface area contributed by atoms with Crippen molar-refractivity contribution in [2.75, 3.05) is 44.9 Å². The Bertz CT molecular complexity index is 950. The number of rotatable bonds is 6. The van der Waals surface area contributed by atoms with E-state index in [0.29, 0.717) is 24.9 Å². The number of aromatic nitrogens is 4. The standard InChI is InChI=1S/C21H25N5O3/c1-15-12-17(16-6-4-3-5-7-16)24-26(15)20-13-19(25-8-10-29-11-9-25)22-21(23-20)18(14-27)28-2/h3-7,12-13,18,27H,8-11,14H2,1-2H3/t18-/m1/s1. The summed E-state index contributed by atoms with van der Waals surface area (Å²) >= 11 is 0. The molecule has 3 aromatic rings. The number of hydrogen-bond donors (Lipinski definition) is 1. The highest BCUT2D eigenvalue weighted by atomic mass is 16.5. The van der Waals surface area contributed by atoms with Crippen molar-refractivity contribution in [2.24, 2.45) is 0 Å². The van der Waals surface area contributed by atoms with Crippen LogP contribution in [0.2, 0.25) is 0 Å². The molecule has 1 saturated heterocycles. The van der Waals surface area contributed by atoms with Crippen LogP contribution in [0, 0.1) is 6.92 Å². The smallest absolute Gasteiger partial charge is 0.164 e. The van der Waals surface area contributed by atoms with Crippen molar-refractivity contribution in [1.29, 1.82) is 0 Å². The predicted molar refractivity (Wildman–Crippen MR) is 109 cm³/mol. The van der Waals surface area contributed by atoms with Crippen LogP contribution in [0.15, 0.2) is 42.5 Å². The molecule has 1 fully saturated rings. The Labute approximate surface area is 169 Å². The van der Waals surface area contributed by atoms with E-state index < -0.39 is 6.10 Å². The summed E-state index contributed by atoms with van der Waals surface area (Å²) in [7, 11) is 1.54. The molecule has 8 heteroatoms. The third-order valence-electron chi connectivity index (χ3n) is 4.96. The number of aliphatic hydroxyl groups excluding tert-OH is 1. The van der Waals surface area contributed by atoms with Gasteiger partial charge in [-0.1, -0.05) is 30.3 Å². The highest BCUT2D eigenvalue weighted by molar-refractivity contribution is 5.60. The van der Waals surface area contributed by atoms with Crippen molar-refractivity contribution in [1.82, 2.24) is 19.7 Å². The molecule has 2 aromatic heterocycles. The summed E-state index contributed by atoms with van der Waals surface area (Å²) in [6.45, 7) is 4.61. The van der Waals surface area contributed by atoms with Gasteiger partial charge in [0.2, 0.25) is 0 Å². The van der Waals surface area contributed by atoms with E-state index in [2.05, 4.69) is 14.9 Å². The van der Waals surface area contributed by atoms with Crippen molar-refractivity contribution in [3.05, 3.63) is 54.0 Å². The van der Waals surface area contributed by atoms with Crippen LogP contribution in [0.3, 0.4) is 0 Å². The lowest BCUT2D eigenvalue weighted by atomic mass is 10.1. The van der Waals surface area contributed by atoms with Gasteiger partial charge in [0.25, 0.3) is 0 Å². The number of hydrogen-bond acceptors (Lipinski definition) is 7. The second-order valence-electron chi connectivity index (χ2n) is 6.90. The monoisotopic (exact) mass is 395 g/mol. The summed E-state index contributed by atoms with van der Waals surface area (Å²) in [6.07, 6.45) is -0.598. The normalized spacial score (nSPS) is 15.5. The van der Waals surface area contributed by atoms with Crippen LogP contribution in [0.25, 0.3) is 17.1 Å². The summed E-state index contributed by atoms with van der Waals surface area (Å²) in [4.78, 5) is 11.5. The van der Waals surface area contributed by atoms with Crippen LogP contribution in [-0.4, -0.2) is 64.9 Å². The third kappa shape index (κ3) is 4.14. The summed E-state index contributed by atoms with van der Waals surface area (Å²) in [5.74, 6) is 1.86. The van der Waals surface area contributed by atoms with E-state index in [1.165, 1.54) is 7.11 Å². The van der Waals surface area contributed by atoms with Gasteiger partial charge in [-0.3, -0.25) is 0 Å². The van der Waals surface area contributed by atoms with Gasteiger partial charge in [-0.2, -0.15) is 5.10 Å². The van der Waals surface area contributed by atoms with E-state index in [1.54, 1.807) is 0 Å². The van der Waals surface area contributed by atoms with Crippen molar-refractivity contribution < 1.29 is 14.6 Å². The molecule has 1 N–H and O–H groups in total. The molecule has 1 aliphatic heterocycles. The van der Waals surface area contributed by atoms with Gasteiger partial charge in [0.1, 0.15) is 11.9 Å². The minimum Gasteiger partial charge on any atom is -0.393 e. The number of methoxy groups -OCH3 is 1. The maximum absolute atomic E-state index is 9.69. The zero-order valence-corrected chi connectivity index (χ0v) is 16.7. The van der Waals surface area contributed by atoms with E-state index in [9.17, 15) is 5.11 Å². The Morgan fingerprint density at radius 3 is 2.52 bits per heavy atom. The van der Waals surface area contributed by atoms with Crippen LogP contribution in [0.4, 0.5) is 5.82 Å². The van der Waals surface area contributed by atoms with Crippen molar-refractivity contribution >= 4 is 5.82 Å². The SMILES string of the molecule is CO[C@H](CO)c1nc(N2CCOCC2)cc(-n2nc(-c3ccccc3)cc2C)n1. The minimum atomic E-state index is -0.598. The first-order chi connectivity index (χ1) is 14.2. The van der Waals surface area contributed by atoms with E-state index in [1.807, 2.05) is 54.1 Å². The summed E-state index contributed by atoms with van der Waals surface area (Å²) in [6, 6.07) is 14.0. The molecule has 29 heavy (non-hydrogen) atoms. The summed E-state index contributed by atoms with van der Waals surface area (Å²) in [5.41, 5.74) is 2.88. The zero-order valence-electron chi connectivity index (χ0n) is 16.7. The fourth-order valence-electron chi connectivity index (χ4n) is 3.36. The summed E-state index contributed by atoms with van der Waals surface area (Å²) in [5, 5.41) is 14.5. The molecule has 8 nitrogen and oxygen atoms in total. The first-order valence-electron chi connectivity index (χ1n) is 9.67. The Morgan fingerprint density at radius 2 is 1.83 bits per heavy atom. The zero-order chi connectivity index (χ0) is 20.2. The van der Waals surface area contributed by atoms with E-state index in [4.69, 9.17) is 14.6 Å². The van der Waals surface area contributed by atoms with Gasteiger partial charge in [-0.25, -0.2) is 14.6 Å². The van der Waals surface area contributed by atoms with Gasteiger partial charge in [0.15, 0.2) is 11.6 Å². The number of benzene rings is 1. The van der Waals surface area contributed by atoms with Gasteiger partial charge in [0.05, 0.1) is 25.5 Å². The van der Waals surface area contributed by atoms with Crippen LogP contribution < -0.4 is 4.90 Å². The van der Waals surface area contributed by atoms with E-state index >= 15 is 0 Å². The molecule has 3 heterocycles. The second-order valence-corrected chi connectivity index (χ2v) is 6.90. The molecule has 0 saturated carbocycles. The maximum Gasteiger partial charge on any atom is 0.164 e. The van der Waals surface area contributed by atoms with Crippen molar-refractivity contribution in [2.45, 2.75) is 13.0 Å². The molecule has 0 radical (unpaired) electrons. The Balaban J connectivity index is 1.78. The first kappa shape index (κ1) is 19.5. The van der Waals surface area contributed by atoms with E-state index in [0.717, 1.165) is 35.9 Å². The average Bonchev–Trinajstić information content (AvgIpc) is 3.17. The molecule has 0 amide bonds. The van der Waals surface area contributed by atoms with Gasteiger partial charge in [-0.15, -0.1) is 0 Å². The Hall–Kier alpha value is -2.81. The van der Waals surface area contributed by atoms with Gasteiger partial charge in [-0.05, 0) is 13.0 Å². The topological polar surface area (TPSA) is 85.5 Å². The number of morpholine rings is 1. The van der Waals surface area contributed by atoms with Crippen LogP contribution in [0.5, 0.6) is 0 Å². The highest BCUT2D eigenvalue weighted by Gasteiger charge is 2.21.